The van der Waals surface area contributed by atoms with E-state index in [9.17, 15) is 5.11 Å². The van der Waals surface area contributed by atoms with Gasteiger partial charge in [0.1, 0.15) is 18.3 Å². The first-order valence-corrected chi connectivity index (χ1v) is 7.26. The molecule has 2 heterocycles. The van der Waals surface area contributed by atoms with E-state index in [1.807, 2.05) is 35.0 Å². The molecule has 0 aliphatic rings. The van der Waals surface area contributed by atoms with Crippen LogP contribution in [0.1, 0.15) is 5.56 Å². The first-order chi connectivity index (χ1) is 10.6. The molecule has 22 heavy (non-hydrogen) atoms. The molecule has 0 fully saturated rings. The van der Waals surface area contributed by atoms with Crippen molar-refractivity contribution < 1.29 is 5.11 Å². The van der Waals surface area contributed by atoms with Crippen LogP contribution >= 0.6 is 11.6 Å². The lowest BCUT2D eigenvalue weighted by Crippen LogP contribution is -2.41. The molecular formula is C15H16ClN5O. The van der Waals surface area contributed by atoms with Crippen LogP contribution in [0.15, 0.2) is 55.6 Å². The Hall–Kier alpha value is -2.18. The van der Waals surface area contributed by atoms with E-state index < -0.39 is 5.60 Å². The SMILES string of the molecule is OC(Cc1ccc(Cl)cc1)(Cn1ccnc1)Cn1cncn1. The number of halogens is 1. The van der Waals surface area contributed by atoms with Crippen molar-refractivity contribution in [3.63, 3.8) is 0 Å². The molecule has 0 amide bonds. The van der Waals surface area contributed by atoms with Gasteiger partial charge in [-0.1, -0.05) is 23.7 Å². The van der Waals surface area contributed by atoms with Gasteiger partial charge in [-0.2, -0.15) is 5.10 Å². The largest absolute Gasteiger partial charge is 0.386 e. The lowest BCUT2D eigenvalue weighted by molar-refractivity contribution is 0.00295. The first-order valence-electron chi connectivity index (χ1n) is 6.88. The van der Waals surface area contributed by atoms with Crippen molar-refractivity contribution in [3.05, 3.63) is 66.2 Å². The molecule has 7 heteroatoms. The zero-order chi connectivity index (χ0) is 15.4. The fraction of sp³-hybridized carbons (Fsp3) is 0.267. The van der Waals surface area contributed by atoms with Crippen molar-refractivity contribution >= 4 is 11.6 Å². The molecule has 0 spiro atoms. The number of nitrogens with zero attached hydrogens (tertiary/aromatic N) is 5. The second-order valence-electron chi connectivity index (χ2n) is 5.36. The molecule has 1 unspecified atom stereocenters. The summed E-state index contributed by atoms with van der Waals surface area (Å²) < 4.78 is 3.49. The van der Waals surface area contributed by atoms with Gasteiger partial charge in [0, 0.05) is 23.8 Å². The lowest BCUT2D eigenvalue weighted by atomic mass is 9.94. The Bertz CT molecular complexity index is 658. The van der Waals surface area contributed by atoms with Crippen molar-refractivity contribution in [2.24, 2.45) is 0 Å². The highest BCUT2D eigenvalue weighted by molar-refractivity contribution is 6.30. The van der Waals surface area contributed by atoms with Crippen molar-refractivity contribution in [2.75, 3.05) is 0 Å². The summed E-state index contributed by atoms with van der Waals surface area (Å²) in [5.74, 6) is 0. The van der Waals surface area contributed by atoms with Gasteiger partial charge < -0.3 is 9.67 Å². The van der Waals surface area contributed by atoms with E-state index in [2.05, 4.69) is 15.1 Å². The summed E-state index contributed by atoms with van der Waals surface area (Å²) in [5, 5.41) is 15.9. The molecule has 3 rings (SSSR count). The third-order valence-electron chi connectivity index (χ3n) is 3.41. The van der Waals surface area contributed by atoms with Crippen molar-refractivity contribution in [1.82, 2.24) is 24.3 Å². The van der Waals surface area contributed by atoms with Gasteiger partial charge in [-0.05, 0) is 17.7 Å². The minimum Gasteiger partial charge on any atom is -0.386 e. The molecule has 0 saturated carbocycles. The monoisotopic (exact) mass is 317 g/mol. The Labute approximate surface area is 133 Å². The van der Waals surface area contributed by atoms with Crippen molar-refractivity contribution in [1.29, 1.82) is 0 Å². The van der Waals surface area contributed by atoms with E-state index in [0.717, 1.165) is 5.56 Å². The average Bonchev–Trinajstić information content (AvgIpc) is 3.15. The maximum Gasteiger partial charge on any atom is 0.137 e. The van der Waals surface area contributed by atoms with Crippen LogP contribution < -0.4 is 0 Å². The van der Waals surface area contributed by atoms with E-state index in [1.165, 1.54) is 6.33 Å². The van der Waals surface area contributed by atoms with Crippen molar-refractivity contribution in [2.45, 2.75) is 25.1 Å². The number of imidazole rings is 1. The predicted molar refractivity (Wildman–Crippen MR) is 82.4 cm³/mol. The molecular weight excluding hydrogens is 302 g/mol. The van der Waals surface area contributed by atoms with Crippen LogP contribution in [-0.4, -0.2) is 35.0 Å². The summed E-state index contributed by atoms with van der Waals surface area (Å²) in [4.78, 5) is 7.95. The maximum atomic E-state index is 11.1. The number of aromatic nitrogens is 5. The summed E-state index contributed by atoms with van der Waals surface area (Å²) in [5.41, 5.74) is -0.00507. The molecule has 0 bridgehead atoms. The lowest BCUT2D eigenvalue weighted by Gasteiger charge is -2.28. The third kappa shape index (κ3) is 3.72. The number of hydrogen-bond donors (Lipinski definition) is 1. The molecule has 2 aromatic heterocycles. The highest BCUT2D eigenvalue weighted by Crippen LogP contribution is 2.20. The van der Waals surface area contributed by atoms with Gasteiger partial charge in [-0.25, -0.2) is 14.6 Å². The summed E-state index contributed by atoms with van der Waals surface area (Å²) in [7, 11) is 0. The smallest absolute Gasteiger partial charge is 0.137 e. The predicted octanol–water partition coefficient (Wildman–Crippen LogP) is 1.80. The van der Waals surface area contributed by atoms with Gasteiger partial charge in [0.2, 0.25) is 0 Å². The Morgan fingerprint density at radius 2 is 1.91 bits per heavy atom. The van der Waals surface area contributed by atoms with Crippen LogP contribution in [-0.2, 0) is 19.5 Å². The van der Waals surface area contributed by atoms with Gasteiger partial charge in [0.15, 0.2) is 0 Å². The maximum absolute atomic E-state index is 11.1. The van der Waals surface area contributed by atoms with Gasteiger partial charge in [0.25, 0.3) is 0 Å². The highest BCUT2D eigenvalue weighted by atomic mass is 35.5. The summed E-state index contributed by atoms with van der Waals surface area (Å²) in [6, 6.07) is 7.49. The molecule has 0 radical (unpaired) electrons. The second kappa shape index (κ2) is 6.29. The zero-order valence-corrected chi connectivity index (χ0v) is 12.6. The molecule has 0 saturated heterocycles. The topological polar surface area (TPSA) is 68.8 Å². The molecule has 0 aliphatic carbocycles. The molecule has 1 atom stereocenters. The number of hydrogen-bond acceptors (Lipinski definition) is 4. The van der Waals surface area contributed by atoms with Gasteiger partial charge >= 0.3 is 0 Å². The molecule has 1 aromatic carbocycles. The number of benzene rings is 1. The summed E-state index contributed by atoms with van der Waals surface area (Å²) in [6.45, 7) is 0.753. The zero-order valence-electron chi connectivity index (χ0n) is 11.9. The average molecular weight is 318 g/mol. The van der Waals surface area contributed by atoms with Crippen LogP contribution in [0, 0.1) is 0 Å². The fourth-order valence-electron chi connectivity index (χ4n) is 2.48. The Balaban J connectivity index is 1.82. The first kappa shape index (κ1) is 14.7. The van der Waals surface area contributed by atoms with E-state index in [0.29, 0.717) is 24.5 Å². The molecule has 3 aromatic rings. The second-order valence-corrected chi connectivity index (χ2v) is 5.79. The molecule has 0 aliphatic heterocycles. The molecule has 6 nitrogen and oxygen atoms in total. The summed E-state index contributed by atoms with van der Waals surface area (Å²) >= 11 is 5.92. The third-order valence-corrected chi connectivity index (χ3v) is 3.66. The minimum atomic E-state index is -1.01. The van der Waals surface area contributed by atoms with Crippen LogP contribution in [0.25, 0.3) is 0 Å². The van der Waals surface area contributed by atoms with Gasteiger partial charge in [-0.3, -0.25) is 0 Å². The number of rotatable bonds is 6. The fourth-order valence-corrected chi connectivity index (χ4v) is 2.61. The van der Waals surface area contributed by atoms with Gasteiger partial charge in [-0.15, -0.1) is 0 Å². The van der Waals surface area contributed by atoms with E-state index in [-0.39, 0.29) is 0 Å². The Kier molecular flexibility index (Phi) is 4.22. The van der Waals surface area contributed by atoms with Crippen LogP contribution in [0.5, 0.6) is 0 Å². The molecule has 114 valence electrons. The minimum absolute atomic E-state index is 0.341. The standard InChI is InChI=1S/C15H16ClN5O/c16-14-3-1-13(2-4-14)7-15(22,8-20-6-5-17-11-20)9-21-12-18-10-19-21/h1-6,10-12,22H,7-9H2. The van der Waals surface area contributed by atoms with Gasteiger partial charge in [0.05, 0.1) is 19.4 Å². The number of aliphatic hydroxyl groups is 1. The van der Waals surface area contributed by atoms with Crippen LogP contribution in [0.4, 0.5) is 0 Å². The van der Waals surface area contributed by atoms with E-state index in [1.54, 1.807) is 23.5 Å². The summed E-state index contributed by atoms with van der Waals surface area (Å²) in [6.07, 6.45) is 8.74. The quantitative estimate of drug-likeness (QED) is 0.752. The molecule has 1 N–H and O–H groups in total. The Morgan fingerprint density at radius 1 is 1.09 bits per heavy atom. The van der Waals surface area contributed by atoms with E-state index in [4.69, 9.17) is 11.6 Å². The normalized spacial score (nSPS) is 13.9. The highest BCUT2D eigenvalue weighted by Gasteiger charge is 2.29. The van der Waals surface area contributed by atoms with Crippen LogP contribution in [0.2, 0.25) is 5.02 Å². The van der Waals surface area contributed by atoms with E-state index >= 15 is 0 Å². The van der Waals surface area contributed by atoms with Crippen molar-refractivity contribution in [3.8, 4) is 0 Å². The Morgan fingerprint density at radius 3 is 2.55 bits per heavy atom. The van der Waals surface area contributed by atoms with Crippen LogP contribution in [0.3, 0.4) is 0 Å².